The topological polar surface area (TPSA) is 159 Å². The number of esters is 1. The van der Waals surface area contributed by atoms with Crippen molar-refractivity contribution in [2.24, 2.45) is 5.41 Å². The average molecular weight is 797 g/mol. The number of hydrogen-bond acceptors (Lipinski definition) is 12. The predicted octanol–water partition coefficient (Wildman–Crippen LogP) is 8.29. The normalized spacial score (nSPS) is 17.4. The maximum Gasteiger partial charge on any atom is 0.425 e. The van der Waals surface area contributed by atoms with Gasteiger partial charge in [-0.2, -0.15) is 4.90 Å². The summed E-state index contributed by atoms with van der Waals surface area (Å²) in [6.07, 6.45) is 1.64. The molecule has 2 atom stereocenters. The molecule has 15 heteroatoms. The van der Waals surface area contributed by atoms with Gasteiger partial charge in [0, 0.05) is 41.6 Å². The van der Waals surface area contributed by atoms with Crippen LogP contribution in [0.15, 0.2) is 36.5 Å². The van der Waals surface area contributed by atoms with Gasteiger partial charge in [0.25, 0.3) is 0 Å². The number of imide groups is 1. The van der Waals surface area contributed by atoms with E-state index in [2.05, 4.69) is 21.8 Å². The quantitative estimate of drug-likeness (QED) is 0.139. The fourth-order valence-corrected chi connectivity index (χ4v) is 8.07. The van der Waals surface area contributed by atoms with E-state index in [-0.39, 0.29) is 45.9 Å². The van der Waals surface area contributed by atoms with E-state index in [1.165, 1.54) is 17.3 Å². The third-order valence-electron chi connectivity index (χ3n) is 9.37. The van der Waals surface area contributed by atoms with Crippen molar-refractivity contribution < 1.29 is 33.1 Å². The Morgan fingerprint density at radius 3 is 2.15 bits per heavy atom. The summed E-state index contributed by atoms with van der Waals surface area (Å²) in [7, 11) is 0. The summed E-state index contributed by atoms with van der Waals surface area (Å²) < 4.78 is 33.0. The van der Waals surface area contributed by atoms with Gasteiger partial charge in [-0.25, -0.2) is 29.3 Å². The number of piperidine rings is 1. The second-order valence-electron chi connectivity index (χ2n) is 17.0. The number of anilines is 2. The molecule has 3 heterocycles. The maximum atomic E-state index is 13.6. The second kappa shape index (κ2) is 15.9. The lowest BCUT2D eigenvalue weighted by Crippen LogP contribution is -2.50. The highest BCUT2D eigenvalue weighted by Crippen LogP contribution is 2.53. The van der Waals surface area contributed by atoms with Gasteiger partial charge in [0.2, 0.25) is 0 Å². The first-order valence-corrected chi connectivity index (χ1v) is 20.1. The molecule has 1 aliphatic heterocycles. The Labute approximate surface area is 332 Å². The van der Waals surface area contributed by atoms with Crippen LogP contribution in [0.25, 0.3) is 11.3 Å². The monoisotopic (exact) mass is 796 g/mol. The molecule has 0 unspecified atom stereocenters. The molecule has 1 fully saturated rings. The van der Waals surface area contributed by atoms with E-state index in [1.807, 2.05) is 37.8 Å². The van der Waals surface area contributed by atoms with Crippen molar-refractivity contribution in [3.63, 3.8) is 0 Å². The van der Waals surface area contributed by atoms with Crippen molar-refractivity contribution in [2.75, 3.05) is 29.5 Å². The highest BCUT2D eigenvalue weighted by atomic mass is 35.5. The maximum absolute atomic E-state index is 13.6. The van der Waals surface area contributed by atoms with E-state index in [0.717, 1.165) is 19.3 Å². The van der Waals surface area contributed by atoms with Crippen LogP contribution in [0, 0.1) is 12.3 Å². The number of carbonyl (C=O) groups excluding carboxylic acids is 3. The molecule has 0 bridgehead atoms. The summed E-state index contributed by atoms with van der Waals surface area (Å²) in [6.45, 7) is 20.6. The number of pyridine rings is 1. The number of rotatable bonds is 7. The SMILES string of the molecule is CCOC(=O)c1nc(-c2ccnc(N(C(=O)OC(C)(C)C)C(=O)OC(C)(C)C)c2Cl)c(C)nc1N1CCC2(CC1)Cc1ccccc1[C@H]2N[S@+]([O-])C(C)(C)C. The first-order chi connectivity index (χ1) is 25.5. The Bertz CT molecular complexity index is 1900. The third-order valence-corrected chi connectivity index (χ3v) is 11.3. The molecule has 0 radical (unpaired) electrons. The van der Waals surface area contributed by atoms with Crippen molar-refractivity contribution in [3.05, 3.63) is 64.1 Å². The first kappa shape index (κ1) is 42.2. The number of benzene rings is 1. The van der Waals surface area contributed by atoms with Gasteiger partial charge in [-0.15, -0.1) is 4.72 Å². The molecule has 1 spiro atoms. The van der Waals surface area contributed by atoms with E-state index in [9.17, 15) is 18.9 Å². The summed E-state index contributed by atoms with van der Waals surface area (Å²) in [5.41, 5.74) is 1.28. The molecule has 1 saturated heterocycles. The summed E-state index contributed by atoms with van der Waals surface area (Å²) in [5.74, 6) is -0.517. The van der Waals surface area contributed by atoms with Crippen LogP contribution in [0.3, 0.4) is 0 Å². The summed E-state index contributed by atoms with van der Waals surface area (Å²) in [6, 6.07) is 9.80. The standard InChI is InChI=1S/C40H53ClN6O7S/c1-12-52-34(48)30-33(46-21-18-40(19-22-46)23-25-15-13-14-16-26(25)31(40)45-55(51)39(9,10)11)43-24(2)29(44-30)27-17-20-42-32(28(27)41)47(35(49)53-37(3,4)5)36(50)54-38(6,7)8/h13-17,20,31,45H,12,18-19,21-23H2,1-11H3/t31-,55-/m1/s1. The van der Waals surface area contributed by atoms with Crippen LogP contribution < -0.4 is 14.5 Å². The van der Waals surface area contributed by atoms with Crippen LogP contribution in [0.2, 0.25) is 5.02 Å². The molecular formula is C40H53ClN6O7S. The minimum Gasteiger partial charge on any atom is -0.598 e. The lowest BCUT2D eigenvalue weighted by atomic mass is 9.73. The van der Waals surface area contributed by atoms with Gasteiger partial charge < -0.3 is 23.7 Å². The Balaban J connectivity index is 1.52. The molecular weight excluding hydrogens is 744 g/mol. The van der Waals surface area contributed by atoms with Gasteiger partial charge in [-0.1, -0.05) is 35.9 Å². The van der Waals surface area contributed by atoms with E-state index in [0.29, 0.717) is 29.5 Å². The smallest absolute Gasteiger partial charge is 0.425 e. The van der Waals surface area contributed by atoms with Gasteiger partial charge in [0.1, 0.15) is 15.9 Å². The molecule has 1 aliphatic carbocycles. The number of nitrogens with zero attached hydrogens (tertiary/aromatic N) is 5. The van der Waals surface area contributed by atoms with Crippen LogP contribution in [-0.4, -0.2) is 73.3 Å². The Kier molecular flexibility index (Phi) is 12.2. The number of hydrogen-bond donors (Lipinski definition) is 1. The zero-order valence-corrected chi connectivity index (χ0v) is 35.2. The molecule has 1 aromatic carbocycles. The van der Waals surface area contributed by atoms with Crippen molar-refractivity contribution in [1.82, 2.24) is 19.7 Å². The van der Waals surface area contributed by atoms with Crippen molar-refractivity contribution in [2.45, 2.75) is 117 Å². The number of halogens is 1. The molecule has 298 valence electrons. The lowest BCUT2D eigenvalue weighted by molar-refractivity contribution is 0.0426. The van der Waals surface area contributed by atoms with Gasteiger partial charge in [0.15, 0.2) is 17.3 Å². The number of amides is 2. The lowest BCUT2D eigenvalue weighted by Gasteiger charge is -2.44. The van der Waals surface area contributed by atoms with Gasteiger partial charge in [-0.05, 0) is 113 Å². The Hall–Kier alpha value is -3.98. The third kappa shape index (κ3) is 9.36. The Morgan fingerprint density at radius 1 is 0.982 bits per heavy atom. The van der Waals surface area contributed by atoms with E-state index >= 15 is 0 Å². The molecule has 0 saturated carbocycles. The van der Waals surface area contributed by atoms with E-state index in [4.69, 9.17) is 35.8 Å². The molecule has 1 N–H and O–H groups in total. The number of aromatic nitrogens is 3. The number of aryl methyl sites for hydroxylation is 1. The highest BCUT2D eigenvalue weighted by molar-refractivity contribution is 7.90. The average Bonchev–Trinajstić information content (AvgIpc) is 3.36. The van der Waals surface area contributed by atoms with Crippen LogP contribution in [0.4, 0.5) is 21.2 Å². The molecule has 3 aromatic rings. The molecule has 55 heavy (non-hydrogen) atoms. The molecule has 2 aromatic heterocycles. The van der Waals surface area contributed by atoms with Crippen molar-refractivity contribution in [3.8, 4) is 11.3 Å². The van der Waals surface area contributed by atoms with Crippen LogP contribution >= 0.6 is 11.6 Å². The molecule has 13 nitrogen and oxygen atoms in total. The molecule has 2 amide bonds. The van der Waals surface area contributed by atoms with Gasteiger partial charge in [0.05, 0.1) is 29.1 Å². The fourth-order valence-electron chi connectivity index (χ4n) is 6.84. The number of nitrogens with one attached hydrogen (secondary N) is 1. The Morgan fingerprint density at radius 2 is 1.58 bits per heavy atom. The molecule has 5 rings (SSSR count). The second-order valence-corrected chi connectivity index (χ2v) is 19.4. The summed E-state index contributed by atoms with van der Waals surface area (Å²) in [5, 5.41) is -0.105. The minimum absolute atomic E-state index is 0.00203. The van der Waals surface area contributed by atoms with Crippen LogP contribution in [0.5, 0.6) is 0 Å². The highest BCUT2D eigenvalue weighted by Gasteiger charge is 2.51. The number of carbonyl (C=O) groups is 3. The summed E-state index contributed by atoms with van der Waals surface area (Å²) >= 11 is 5.68. The predicted molar refractivity (Wildman–Crippen MR) is 214 cm³/mol. The van der Waals surface area contributed by atoms with E-state index < -0.39 is 45.5 Å². The van der Waals surface area contributed by atoms with Crippen LogP contribution in [-0.2, 0) is 32.0 Å². The largest absolute Gasteiger partial charge is 0.598 e. The van der Waals surface area contributed by atoms with Crippen molar-refractivity contribution >= 4 is 52.8 Å². The summed E-state index contributed by atoms with van der Waals surface area (Å²) in [4.78, 5) is 57.2. The fraction of sp³-hybridized carbons (Fsp3) is 0.550. The zero-order valence-electron chi connectivity index (χ0n) is 33.7. The minimum atomic E-state index is -1.28. The number of fused-ring (bicyclic) bond motifs is 1. The first-order valence-electron chi connectivity index (χ1n) is 18.5. The molecule has 2 aliphatic rings. The van der Waals surface area contributed by atoms with Crippen molar-refractivity contribution in [1.29, 1.82) is 0 Å². The van der Waals surface area contributed by atoms with Crippen LogP contribution in [0.1, 0.15) is 115 Å². The van der Waals surface area contributed by atoms with Gasteiger partial charge in [-0.3, -0.25) is 0 Å². The van der Waals surface area contributed by atoms with Gasteiger partial charge >= 0.3 is 18.2 Å². The number of ether oxygens (including phenoxy) is 3. The van der Waals surface area contributed by atoms with E-state index in [1.54, 1.807) is 61.5 Å². The zero-order chi connectivity index (χ0) is 40.7.